The molecule has 22 heavy (non-hydrogen) atoms. The summed E-state index contributed by atoms with van der Waals surface area (Å²) in [5.41, 5.74) is 2.11. The van der Waals surface area contributed by atoms with E-state index in [1.807, 2.05) is 24.3 Å². The number of hydrogen-bond acceptors (Lipinski definition) is 3. The first-order valence-electron chi connectivity index (χ1n) is 6.82. The number of amides is 1. The van der Waals surface area contributed by atoms with Crippen LogP contribution < -0.4 is 5.32 Å². The highest BCUT2D eigenvalue weighted by atomic mass is 35.5. The minimum Gasteiger partial charge on any atom is -0.352 e. The molecule has 0 radical (unpaired) electrons. The summed E-state index contributed by atoms with van der Waals surface area (Å²) in [6, 6.07) is 9.39. The van der Waals surface area contributed by atoms with Crippen molar-refractivity contribution in [3.63, 3.8) is 0 Å². The highest BCUT2D eigenvalue weighted by Crippen LogP contribution is 2.24. The van der Waals surface area contributed by atoms with Crippen LogP contribution in [0.4, 0.5) is 0 Å². The normalized spacial score (nSPS) is 10.5. The molecule has 1 heterocycles. The van der Waals surface area contributed by atoms with Gasteiger partial charge >= 0.3 is 0 Å². The minimum absolute atomic E-state index is 0.0468. The summed E-state index contributed by atoms with van der Waals surface area (Å²) in [6.07, 6.45) is 3.95. The van der Waals surface area contributed by atoms with Crippen LogP contribution in [0.1, 0.15) is 17.5 Å². The molecule has 0 saturated carbocycles. The second kappa shape index (κ2) is 9.03. The molecular weight excluding hydrogens is 339 g/mol. The topological polar surface area (TPSA) is 42.0 Å². The van der Waals surface area contributed by atoms with E-state index in [1.165, 1.54) is 0 Å². The van der Waals surface area contributed by atoms with Gasteiger partial charge in [-0.05, 0) is 29.3 Å². The molecule has 0 unspecified atom stereocenters. The molecule has 1 amide bonds. The first-order chi connectivity index (χ1) is 10.6. The zero-order chi connectivity index (χ0) is 15.8. The Morgan fingerprint density at radius 3 is 2.77 bits per heavy atom. The molecule has 0 aliphatic rings. The van der Waals surface area contributed by atoms with Gasteiger partial charge in [0.1, 0.15) is 0 Å². The molecule has 2 aromatic rings. The Labute approximate surface area is 144 Å². The van der Waals surface area contributed by atoms with Crippen LogP contribution in [-0.4, -0.2) is 16.6 Å². The van der Waals surface area contributed by atoms with E-state index in [1.54, 1.807) is 30.2 Å². The average molecular weight is 355 g/mol. The molecule has 0 aliphatic carbocycles. The van der Waals surface area contributed by atoms with E-state index in [4.69, 9.17) is 23.2 Å². The zero-order valence-electron chi connectivity index (χ0n) is 11.9. The van der Waals surface area contributed by atoms with Gasteiger partial charge in [0.2, 0.25) is 5.91 Å². The van der Waals surface area contributed by atoms with Gasteiger partial charge in [-0.25, -0.2) is 0 Å². The van der Waals surface area contributed by atoms with Crippen molar-refractivity contribution in [2.75, 3.05) is 5.75 Å². The summed E-state index contributed by atoms with van der Waals surface area (Å²) in [5, 5.41) is 4.01. The van der Waals surface area contributed by atoms with Gasteiger partial charge in [-0.3, -0.25) is 9.78 Å². The molecule has 0 fully saturated rings. The maximum atomic E-state index is 11.7. The number of carbonyl (C=O) groups is 1. The fourth-order valence-corrected chi connectivity index (χ4v) is 2.99. The Kier molecular flexibility index (Phi) is 7.03. The van der Waals surface area contributed by atoms with Crippen molar-refractivity contribution in [1.29, 1.82) is 0 Å². The third-order valence-electron chi connectivity index (χ3n) is 2.94. The Morgan fingerprint density at radius 2 is 2.05 bits per heavy atom. The SMILES string of the molecule is O=C(CCSCc1ccc(Cl)c(Cl)c1)NCc1cccnc1. The third-order valence-corrected chi connectivity index (χ3v) is 4.71. The van der Waals surface area contributed by atoms with Crippen LogP contribution in [-0.2, 0) is 17.1 Å². The van der Waals surface area contributed by atoms with Crippen molar-refractivity contribution in [2.45, 2.75) is 18.7 Å². The van der Waals surface area contributed by atoms with Crippen molar-refractivity contribution in [1.82, 2.24) is 10.3 Å². The van der Waals surface area contributed by atoms with Crippen molar-refractivity contribution in [2.24, 2.45) is 0 Å². The van der Waals surface area contributed by atoms with E-state index in [-0.39, 0.29) is 5.91 Å². The van der Waals surface area contributed by atoms with Crippen molar-refractivity contribution < 1.29 is 4.79 Å². The van der Waals surface area contributed by atoms with Gasteiger partial charge in [-0.1, -0.05) is 35.3 Å². The first-order valence-corrected chi connectivity index (χ1v) is 8.73. The van der Waals surface area contributed by atoms with Gasteiger partial charge < -0.3 is 5.32 Å². The number of carbonyl (C=O) groups excluding carboxylic acids is 1. The summed E-state index contributed by atoms with van der Waals surface area (Å²) in [7, 11) is 0. The van der Waals surface area contributed by atoms with Crippen molar-refractivity contribution in [3.8, 4) is 0 Å². The molecule has 3 nitrogen and oxygen atoms in total. The van der Waals surface area contributed by atoms with Gasteiger partial charge in [-0.15, -0.1) is 0 Å². The van der Waals surface area contributed by atoms with Crippen molar-refractivity contribution in [3.05, 3.63) is 63.9 Å². The number of aromatic nitrogens is 1. The molecule has 1 aromatic heterocycles. The Hall–Kier alpha value is -1.23. The van der Waals surface area contributed by atoms with Gasteiger partial charge in [0, 0.05) is 36.9 Å². The highest BCUT2D eigenvalue weighted by molar-refractivity contribution is 7.98. The highest BCUT2D eigenvalue weighted by Gasteiger charge is 2.03. The number of benzene rings is 1. The van der Waals surface area contributed by atoms with Gasteiger partial charge in [0.05, 0.1) is 10.0 Å². The molecule has 0 saturated heterocycles. The Bertz CT molecular complexity index is 623. The second-order valence-corrected chi connectivity index (χ2v) is 6.61. The third kappa shape index (κ3) is 5.87. The minimum atomic E-state index is 0.0468. The predicted molar refractivity (Wildman–Crippen MR) is 93.3 cm³/mol. The average Bonchev–Trinajstić information content (AvgIpc) is 2.54. The van der Waals surface area contributed by atoms with Crippen LogP contribution in [0.25, 0.3) is 0 Å². The summed E-state index contributed by atoms with van der Waals surface area (Å²) in [5.74, 6) is 1.62. The molecule has 0 bridgehead atoms. The van der Waals surface area contributed by atoms with E-state index < -0.39 is 0 Å². The number of rotatable bonds is 7. The van der Waals surface area contributed by atoms with Crippen molar-refractivity contribution >= 4 is 40.9 Å². The number of halogens is 2. The van der Waals surface area contributed by atoms with Crippen LogP contribution in [0.5, 0.6) is 0 Å². The van der Waals surface area contributed by atoms with Crippen LogP contribution in [0.15, 0.2) is 42.7 Å². The number of nitrogens with zero attached hydrogens (tertiary/aromatic N) is 1. The largest absolute Gasteiger partial charge is 0.352 e. The van der Waals surface area contributed by atoms with Crippen LogP contribution >= 0.6 is 35.0 Å². The Balaban J connectivity index is 1.63. The molecule has 0 spiro atoms. The summed E-state index contributed by atoms with van der Waals surface area (Å²) in [6.45, 7) is 0.518. The van der Waals surface area contributed by atoms with E-state index in [9.17, 15) is 4.79 Å². The van der Waals surface area contributed by atoms with Crippen LogP contribution in [0.3, 0.4) is 0 Å². The molecule has 6 heteroatoms. The van der Waals surface area contributed by atoms with E-state index in [0.717, 1.165) is 22.6 Å². The number of hydrogen-bond donors (Lipinski definition) is 1. The quantitative estimate of drug-likeness (QED) is 0.752. The molecule has 1 N–H and O–H groups in total. The number of pyridine rings is 1. The summed E-state index contributed by atoms with van der Waals surface area (Å²) >= 11 is 13.5. The lowest BCUT2D eigenvalue weighted by atomic mass is 10.2. The molecule has 116 valence electrons. The fourth-order valence-electron chi connectivity index (χ4n) is 1.78. The zero-order valence-corrected chi connectivity index (χ0v) is 14.2. The van der Waals surface area contributed by atoms with Crippen LogP contribution in [0, 0.1) is 0 Å². The van der Waals surface area contributed by atoms with E-state index >= 15 is 0 Å². The van der Waals surface area contributed by atoms with Crippen LogP contribution in [0.2, 0.25) is 10.0 Å². The van der Waals surface area contributed by atoms with Gasteiger partial charge in [0.25, 0.3) is 0 Å². The molecule has 0 atom stereocenters. The summed E-state index contributed by atoms with van der Waals surface area (Å²) in [4.78, 5) is 15.8. The predicted octanol–water partition coefficient (Wildman–Crippen LogP) is 4.33. The van der Waals surface area contributed by atoms with Gasteiger partial charge in [0.15, 0.2) is 0 Å². The number of thioether (sulfide) groups is 1. The maximum absolute atomic E-state index is 11.7. The monoisotopic (exact) mass is 354 g/mol. The molecular formula is C16H16Cl2N2OS. The summed E-state index contributed by atoms with van der Waals surface area (Å²) < 4.78 is 0. The lowest BCUT2D eigenvalue weighted by Gasteiger charge is -2.06. The molecule has 2 rings (SSSR count). The fraction of sp³-hybridized carbons (Fsp3) is 0.250. The molecule has 1 aromatic carbocycles. The van der Waals surface area contributed by atoms with Gasteiger partial charge in [-0.2, -0.15) is 11.8 Å². The lowest BCUT2D eigenvalue weighted by molar-refractivity contribution is -0.120. The second-order valence-electron chi connectivity index (χ2n) is 4.69. The van der Waals surface area contributed by atoms with E-state index in [0.29, 0.717) is 23.0 Å². The van der Waals surface area contributed by atoms with E-state index in [2.05, 4.69) is 10.3 Å². The molecule has 0 aliphatic heterocycles. The first kappa shape index (κ1) is 17.1. The standard InChI is InChI=1S/C16H16Cl2N2OS/c17-14-4-3-12(8-15(14)18)11-22-7-5-16(21)20-10-13-2-1-6-19-9-13/h1-4,6,8-9H,5,7,10-11H2,(H,20,21). The number of nitrogens with one attached hydrogen (secondary N) is 1. The Morgan fingerprint density at radius 1 is 1.18 bits per heavy atom. The smallest absolute Gasteiger partial charge is 0.221 e. The maximum Gasteiger partial charge on any atom is 0.221 e. The lowest BCUT2D eigenvalue weighted by Crippen LogP contribution is -2.23.